The minimum atomic E-state index is -1.37. The first-order valence-corrected chi connectivity index (χ1v) is 5.83. The molecule has 5 N–H and O–H groups in total. The number of carbonyl (C=O) groups excluding carboxylic acids is 2. The number of nitrogens with two attached hydrogens (primary N) is 1. The number of hydrogen-bond donors (Lipinski definition) is 4. The lowest BCUT2D eigenvalue weighted by Crippen LogP contribution is -2.43. The average Bonchev–Trinajstić information content (AvgIpc) is 2.37. The number of amides is 3. The molecule has 1 rings (SSSR count). The monoisotopic (exact) mass is 301 g/mol. The summed E-state index contributed by atoms with van der Waals surface area (Å²) in [4.78, 5) is 33.0. The van der Waals surface area contributed by atoms with Crippen LogP contribution in [0.4, 0.5) is 19.3 Å². The number of hydrogen-bond acceptors (Lipinski definition) is 3. The number of benzene rings is 1. The van der Waals surface area contributed by atoms with Gasteiger partial charge in [0, 0.05) is 12.5 Å². The fraction of sp³-hybridized carbons (Fsp3) is 0.250. The Kier molecular flexibility index (Phi) is 5.58. The summed E-state index contributed by atoms with van der Waals surface area (Å²) in [7, 11) is 0. The quantitative estimate of drug-likeness (QED) is 0.621. The third kappa shape index (κ3) is 5.43. The summed E-state index contributed by atoms with van der Waals surface area (Å²) in [6.07, 6.45) is -0.438. The largest absolute Gasteiger partial charge is 0.480 e. The average molecular weight is 301 g/mol. The highest BCUT2D eigenvalue weighted by atomic mass is 19.1. The second-order valence-electron chi connectivity index (χ2n) is 4.12. The van der Waals surface area contributed by atoms with Gasteiger partial charge in [-0.05, 0) is 18.6 Å². The Balaban J connectivity index is 2.65. The Hall–Kier alpha value is -2.71. The Bertz CT molecular complexity index is 565. The fourth-order valence-electron chi connectivity index (χ4n) is 1.45. The van der Waals surface area contributed by atoms with Gasteiger partial charge in [-0.3, -0.25) is 4.79 Å². The van der Waals surface area contributed by atoms with E-state index in [1.165, 1.54) is 0 Å². The van der Waals surface area contributed by atoms with Crippen LogP contribution in [0.25, 0.3) is 0 Å². The number of urea groups is 1. The molecule has 1 aromatic rings. The van der Waals surface area contributed by atoms with Crippen LogP contribution in [-0.4, -0.2) is 29.1 Å². The van der Waals surface area contributed by atoms with Crippen LogP contribution in [0, 0.1) is 11.6 Å². The SMILES string of the molecule is NC(=O)CC[C@H](NC(=O)Nc1ccc(F)cc1F)C(=O)O. The molecule has 1 aromatic carbocycles. The van der Waals surface area contributed by atoms with E-state index < -0.39 is 35.6 Å². The molecule has 0 aliphatic carbocycles. The van der Waals surface area contributed by atoms with Crippen molar-refractivity contribution in [1.29, 1.82) is 0 Å². The third-order valence-electron chi connectivity index (χ3n) is 2.46. The van der Waals surface area contributed by atoms with Crippen LogP contribution in [0.1, 0.15) is 12.8 Å². The van der Waals surface area contributed by atoms with Gasteiger partial charge in [0.05, 0.1) is 5.69 Å². The number of halogens is 2. The van der Waals surface area contributed by atoms with Crippen molar-refractivity contribution in [2.45, 2.75) is 18.9 Å². The summed E-state index contributed by atoms with van der Waals surface area (Å²) >= 11 is 0. The zero-order chi connectivity index (χ0) is 16.0. The molecule has 7 nitrogen and oxygen atoms in total. The molecule has 0 aliphatic rings. The van der Waals surface area contributed by atoms with Crippen LogP contribution in [0.2, 0.25) is 0 Å². The first kappa shape index (κ1) is 16.3. The van der Waals surface area contributed by atoms with Crippen LogP contribution in [0.3, 0.4) is 0 Å². The predicted molar refractivity (Wildman–Crippen MR) is 68.4 cm³/mol. The van der Waals surface area contributed by atoms with E-state index in [0.717, 1.165) is 12.1 Å². The van der Waals surface area contributed by atoms with Gasteiger partial charge in [0.2, 0.25) is 5.91 Å². The number of nitrogens with one attached hydrogen (secondary N) is 2. The maximum Gasteiger partial charge on any atom is 0.326 e. The molecule has 1 atom stereocenters. The lowest BCUT2D eigenvalue weighted by Gasteiger charge is -2.14. The molecule has 0 aromatic heterocycles. The van der Waals surface area contributed by atoms with Gasteiger partial charge in [0.15, 0.2) is 0 Å². The minimum Gasteiger partial charge on any atom is -0.480 e. The molecule has 0 unspecified atom stereocenters. The molecule has 0 aliphatic heterocycles. The molecule has 0 heterocycles. The van der Waals surface area contributed by atoms with Crippen LogP contribution in [0.15, 0.2) is 18.2 Å². The number of carboxylic acid groups (broad SMARTS) is 1. The fourth-order valence-corrected chi connectivity index (χ4v) is 1.45. The maximum absolute atomic E-state index is 13.3. The molecule has 3 amide bonds. The molecule has 9 heteroatoms. The summed E-state index contributed by atoms with van der Waals surface area (Å²) in [6, 6.07) is 0.125. The van der Waals surface area contributed by atoms with Gasteiger partial charge in [0.25, 0.3) is 0 Å². The van der Waals surface area contributed by atoms with E-state index in [1.807, 2.05) is 10.6 Å². The highest BCUT2D eigenvalue weighted by Crippen LogP contribution is 2.14. The lowest BCUT2D eigenvalue weighted by atomic mass is 10.1. The zero-order valence-corrected chi connectivity index (χ0v) is 10.7. The van der Waals surface area contributed by atoms with Crippen molar-refractivity contribution in [3.63, 3.8) is 0 Å². The smallest absolute Gasteiger partial charge is 0.326 e. The second-order valence-corrected chi connectivity index (χ2v) is 4.12. The zero-order valence-electron chi connectivity index (χ0n) is 10.7. The van der Waals surface area contributed by atoms with E-state index in [1.54, 1.807) is 0 Å². The predicted octanol–water partition coefficient (Wildman–Crippen LogP) is 0.805. The third-order valence-corrected chi connectivity index (χ3v) is 2.46. The van der Waals surface area contributed by atoms with Gasteiger partial charge >= 0.3 is 12.0 Å². The molecule has 21 heavy (non-hydrogen) atoms. The van der Waals surface area contributed by atoms with E-state index in [2.05, 4.69) is 0 Å². The van der Waals surface area contributed by atoms with E-state index in [0.29, 0.717) is 6.07 Å². The first-order chi connectivity index (χ1) is 9.79. The van der Waals surface area contributed by atoms with Crippen molar-refractivity contribution < 1.29 is 28.3 Å². The van der Waals surface area contributed by atoms with Gasteiger partial charge in [-0.1, -0.05) is 0 Å². The number of aliphatic carboxylic acids is 1. The summed E-state index contributed by atoms with van der Waals surface area (Å²) in [5.74, 6) is -3.91. The molecular weight excluding hydrogens is 288 g/mol. The number of rotatable bonds is 6. The highest BCUT2D eigenvalue weighted by molar-refractivity contribution is 5.92. The molecule has 0 radical (unpaired) electrons. The van der Waals surface area contributed by atoms with Gasteiger partial charge in [-0.25, -0.2) is 18.4 Å². The van der Waals surface area contributed by atoms with E-state index >= 15 is 0 Å². The van der Waals surface area contributed by atoms with Crippen molar-refractivity contribution in [1.82, 2.24) is 5.32 Å². The Morgan fingerprint density at radius 2 is 1.95 bits per heavy atom. The second kappa shape index (κ2) is 7.17. The minimum absolute atomic E-state index is 0.204. The molecule has 114 valence electrons. The lowest BCUT2D eigenvalue weighted by molar-refractivity contribution is -0.139. The summed E-state index contributed by atoms with van der Waals surface area (Å²) in [6.45, 7) is 0. The molecule has 0 saturated carbocycles. The number of carboxylic acids is 1. The van der Waals surface area contributed by atoms with Gasteiger partial charge in [0.1, 0.15) is 17.7 Å². The van der Waals surface area contributed by atoms with Crippen LogP contribution >= 0.6 is 0 Å². The standard InChI is InChI=1S/C12H13F2N3O4/c13-6-1-2-8(7(14)5-6)16-12(21)17-9(11(19)20)3-4-10(15)18/h1-2,5,9H,3-4H2,(H2,15,18)(H,19,20)(H2,16,17,21)/t9-/m0/s1. The molecule has 0 fully saturated rings. The summed E-state index contributed by atoms with van der Waals surface area (Å²) in [5, 5.41) is 13.0. The number of carbonyl (C=O) groups is 3. The number of anilines is 1. The number of primary amides is 1. The van der Waals surface area contributed by atoms with E-state index in [9.17, 15) is 23.2 Å². The maximum atomic E-state index is 13.3. The highest BCUT2D eigenvalue weighted by Gasteiger charge is 2.21. The van der Waals surface area contributed by atoms with Crippen LogP contribution < -0.4 is 16.4 Å². The van der Waals surface area contributed by atoms with E-state index in [4.69, 9.17) is 10.8 Å². The van der Waals surface area contributed by atoms with Gasteiger partial charge in [-0.15, -0.1) is 0 Å². The van der Waals surface area contributed by atoms with E-state index in [-0.39, 0.29) is 18.5 Å². The van der Waals surface area contributed by atoms with Crippen molar-refractivity contribution >= 4 is 23.6 Å². The Morgan fingerprint density at radius 3 is 2.48 bits per heavy atom. The topological polar surface area (TPSA) is 122 Å². The van der Waals surface area contributed by atoms with Crippen LogP contribution in [0.5, 0.6) is 0 Å². The van der Waals surface area contributed by atoms with Gasteiger partial charge < -0.3 is 21.5 Å². The molecule has 0 spiro atoms. The van der Waals surface area contributed by atoms with Crippen molar-refractivity contribution in [3.05, 3.63) is 29.8 Å². The molecular formula is C12H13F2N3O4. The van der Waals surface area contributed by atoms with Gasteiger partial charge in [-0.2, -0.15) is 0 Å². The Labute approximate surface area is 118 Å². The van der Waals surface area contributed by atoms with Crippen molar-refractivity contribution in [2.24, 2.45) is 5.73 Å². The van der Waals surface area contributed by atoms with Crippen molar-refractivity contribution in [3.8, 4) is 0 Å². The Morgan fingerprint density at radius 1 is 1.29 bits per heavy atom. The first-order valence-electron chi connectivity index (χ1n) is 5.83. The summed E-state index contributed by atoms with van der Waals surface area (Å²) < 4.78 is 26.0. The summed E-state index contributed by atoms with van der Waals surface area (Å²) in [5.41, 5.74) is 4.57. The molecule has 0 saturated heterocycles. The normalized spacial score (nSPS) is 11.5. The van der Waals surface area contributed by atoms with Crippen molar-refractivity contribution in [2.75, 3.05) is 5.32 Å². The molecule has 0 bridgehead atoms. The van der Waals surface area contributed by atoms with Crippen LogP contribution in [-0.2, 0) is 9.59 Å².